The van der Waals surface area contributed by atoms with Crippen LogP contribution in [0, 0.1) is 13.8 Å². The van der Waals surface area contributed by atoms with E-state index in [-0.39, 0.29) is 5.41 Å². The van der Waals surface area contributed by atoms with Crippen molar-refractivity contribution in [2.75, 3.05) is 13.7 Å². The predicted molar refractivity (Wildman–Crippen MR) is 95.0 cm³/mol. The number of hydrogen-bond donors (Lipinski definition) is 1. The maximum absolute atomic E-state index is 12.6. The third-order valence-electron chi connectivity index (χ3n) is 4.92. The van der Waals surface area contributed by atoms with Gasteiger partial charge in [-0.15, -0.1) is 0 Å². The monoisotopic (exact) mass is 345 g/mol. The Morgan fingerprint density at radius 2 is 1.79 bits per heavy atom. The molecule has 4 nitrogen and oxygen atoms in total. The number of rotatable bonds is 6. The van der Waals surface area contributed by atoms with Gasteiger partial charge in [0.2, 0.25) is 10.0 Å². The van der Waals surface area contributed by atoms with Gasteiger partial charge in [-0.3, -0.25) is 0 Å². The molecule has 24 heavy (non-hydrogen) atoms. The molecule has 1 saturated carbocycles. The highest BCUT2D eigenvalue weighted by Gasteiger charge is 2.46. The number of sulfonamides is 1. The van der Waals surface area contributed by atoms with Crippen LogP contribution in [0.5, 0.6) is 5.75 Å². The minimum atomic E-state index is -3.51. The van der Waals surface area contributed by atoms with E-state index in [0.29, 0.717) is 11.4 Å². The summed E-state index contributed by atoms with van der Waals surface area (Å²) >= 11 is 0. The van der Waals surface area contributed by atoms with Crippen molar-refractivity contribution in [3.63, 3.8) is 0 Å². The standard InChI is InChI=1S/C19H23NO3S/c1-14-8-9-16(12-15(14)2)24(21,22)20-13-19(10-11-19)17-6-4-5-7-18(17)23-3/h4-9,12,20H,10-11,13H2,1-3H3. The van der Waals surface area contributed by atoms with Crippen LogP contribution in [0.25, 0.3) is 0 Å². The molecule has 2 aromatic carbocycles. The van der Waals surface area contributed by atoms with Crippen LogP contribution in [0.15, 0.2) is 47.4 Å². The fourth-order valence-electron chi connectivity index (χ4n) is 2.97. The summed E-state index contributed by atoms with van der Waals surface area (Å²) in [6.45, 7) is 4.29. The lowest BCUT2D eigenvalue weighted by molar-refractivity contribution is 0.403. The van der Waals surface area contributed by atoms with E-state index in [4.69, 9.17) is 4.74 Å². The maximum Gasteiger partial charge on any atom is 0.240 e. The van der Waals surface area contributed by atoms with E-state index in [1.165, 1.54) is 0 Å². The van der Waals surface area contributed by atoms with E-state index in [0.717, 1.165) is 35.3 Å². The van der Waals surface area contributed by atoms with E-state index in [9.17, 15) is 8.42 Å². The number of hydrogen-bond acceptors (Lipinski definition) is 3. The van der Waals surface area contributed by atoms with E-state index < -0.39 is 10.0 Å². The number of aryl methyl sites for hydroxylation is 2. The topological polar surface area (TPSA) is 55.4 Å². The summed E-state index contributed by atoms with van der Waals surface area (Å²) in [6, 6.07) is 13.1. The Balaban J connectivity index is 1.80. The Kier molecular flexibility index (Phi) is 4.40. The Bertz CT molecular complexity index is 855. The lowest BCUT2D eigenvalue weighted by atomic mass is 9.95. The average molecular weight is 345 g/mol. The highest BCUT2D eigenvalue weighted by molar-refractivity contribution is 7.89. The van der Waals surface area contributed by atoms with Gasteiger partial charge in [0.05, 0.1) is 12.0 Å². The van der Waals surface area contributed by atoms with Crippen molar-refractivity contribution in [3.05, 3.63) is 59.2 Å². The van der Waals surface area contributed by atoms with Crippen LogP contribution in [0.3, 0.4) is 0 Å². The maximum atomic E-state index is 12.6. The molecule has 1 fully saturated rings. The fourth-order valence-corrected chi connectivity index (χ4v) is 4.18. The molecular formula is C19H23NO3S. The molecule has 1 N–H and O–H groups in total. The van der Waals surface area contributed by atoms with Gasteiger partial charge in [-0.05, 0) is 56.0 Å². The number of para-hydroxylation sites is 1. The molecule has 0 saturated heterocycles. The van der Waals surface area contributed by atoms with Gasteiger partial charge in [0, 0.05) is 17.5 Å². The van der Waals surface area contributed by atoms with Crippen molar-refractivity contribution in [1.82, 2.24) is 4.72 Å². The second-order valence-electron chi connectivity index (χ2n) is 6.55. The summed E-state index contributed by atoms with van der Waals surface area (Å²) in [7, 11) is -1.86. The van der Waals surface area contributed by atoms with Gasteiger partial charge < -0.3 is 4.74 Å². The summed E-state index contributed by atoms with van der Waals surface area (Å²) in [6.07, 6.45) is 1.92. The van der Waals surface area contributed by atoms with E-state index in [1.807, 2.05) is 44.2 Å². The third kappa shape index (κ3) is 3.19. The molecule has 0 amide bonds. The summed E-state index contributed by atoms with van der Waals surface area (Å²) in [5.74, 6) is 0.820. The van der Waals surface area contributed by atoms with Gasteiger partial charge in [0.25, 0.3) is 0 Å². The molecule has 1 aliphatic carbocycles. The van der Waals surface area contributed by atoms with Gasteiger partial charge in [-0.1, -0.05) is 24.3 Å². The molecule has 0 aliphatic heterocycles. The van der Waals surface area contributed by atoms with Crippen LogP contribution in [0.1, 0.15) is 29.5 Å². The summed E-state index contributed by atoms with van der Waals surface area (Å²) in [5, 5.41) is 0. The third-order valence-corrected chi connectivity index (χ3v) is 6.32. The Labute approximate surface area is 143 Å². The van der Waals surface area contributed by atoms with Crippen LogP contribution < -0.4 is 9.46 Å². The first-order chi connectivity index (χ1) is 11.4. The van der Waals surface area contributed by atoms with Crippen molar-refractivity contribution < 1.29 is 13.2 Å². The Hall–Kier alpha value is -1.85. The van der Waals surface area contributed by atoms with E-state index in [1.54, 1.807) is 19.2 Å². The zero-order chi connectivity index (χ0) is 17.4. The first-order valence-corrected chi connectivity index (χ1v) is 9.57. The average Bonchev–Trinajstić information content (AvgIpc) is 3.36. The molecular weight excluding hydrogens is 322 g/mol. The molecule has 5 heteroatoms. The van der Waals surface area contributed by atoms with Gasteiger partial charge in [-0.2, -0.15) is 0 Å². The van der Waals surface area contributed by atoms with Crippen molar-refractivity contribution in [3.8, 4) is 5.75 Å². The molecule has 0 aromatic heterocycles. The second-order valence-corrected chi connectivity index (χ2v) is 8.32. The van der Waals surface area contributed by atoms with Crippen LogP contribution in [-0.4, -0.2) is 22.1 Å². The zero-order valence-electron chi connectivity index (χ0n) is 14.3. The smallest absolute Gasteiger partial charge is 0.240 e. The molecule has 0 radical (unpaired) electrons. The Morgan fingerprint density at radius 3 is 2.42 bits per heavy atom. The summed E-state index contributed by atoms with van der Waals surface area (Å²) in [4.78, 5) is 0.321. The predicted octanol–water partition coefficient (Wildman–Crippen LogP) is 3.32. The van der Waals surface area contributed by atoms with Crippen LogP contribution in [0.2, 0.25) is 0 Å². The first-order valence-electron chi connectivity index (χ1n) is 8.08. The molecule has 0 atom stereocenters. The normalized spacial score (nSPS) is 16.0. The molecule has 0 spiro atoms. The van der Waals surface area contributed by atoms with Gasteiger partial charge in [-0.25, -0.2) is 13.1 Å². The zero-order valence-corrected chi connectivity index (χ0v) is 15.1. The molecule has 1 aliphatic rings. The number of nitrogens with one attached hydrogen (secondary N) is 1. The largest absolute Gasteiger partial charge is 0.496 e. The lowest BCUT2D eigenvalue weighted by Gasteiger charge is -2.19. The van der Waals surface area contributed by atoms with Crippen molar-refractivity contribution in [2.24, 2.45) is 0 Å². The van der Waals surface area contributed by atoms with Crippen molar-refractivity contribution in [1.29, 1.82) is 0 Å². The molecule has 128 valence electrons. The fraction of sp³-hybridized carbons (Fsp3) is 0.368. The van der Waals surface area contributed by atoms with Gasteiger partial charge in [0.15, 0.2) is 0 Å². The molecule has 0 bridgehead atoms. The molecule has 0 unspecified atom stereocenters. The number of ether oxygens (including phenoxy) is 1. The SMILES string of the molecule is COc1ccccc1C1(CNS(=O)(=O)c2ccc(C)c(C)c2)CC1. The van der Waals surface area contributed by atoms with Crippen molar-refractivity contribution in [2.45, 2.75) is 37.0 Å². The molecule has 2 aromatic rings. The quantitative estimate of drug-likeness (QED) is 0.874. The lowest BCUT2D eigenvalue weighted by Crippen LogP contribution is -2.32. The minimum Gasteiger partial charge on any atom is -0.496 e. The van der Waals surface area contributed by atoms with Crippen LogP contribution in [-0.2, 0) is 15.4 Å². The van der Waals surface area contributed by atoms with E-state index >= 15 is 0 Å². The highest BCUT2D eigenvalue weighted by atomic mass is 32.2. The second kappa shape index (κ2) is 6.22. The highest BCUT2D eigenvalue weighted by Crippen LogP contribution is 2.50. The van der Waals surface area contributed by atoms with Gasteiger partial charge in [0.1, 0.15) is 5.75 Å². The van der Waals surface area contributed by atoms with E-state index in [2.05, 4.69) is 4.72 Å². The number of benzene rings is 2. The first kappa shape index (κ1) is 17.0. The molecule has 3 rings (SSSR count). The van der Waals surface area contributed by atoms with Gasteiger partial charge >= 0.3 is 0 Å². The van der Waals surface area contributed by atoms with Crippen molar-refractivity contribution >= 4 is 10.0 Å². The molecule has 0 heterocycles. The summed E-state index contributed by atoms with van der Waals surface area (Å²) in [5.41, 5.74) is 2.99. The summed E-state index contributed by atoms with van der Waals surface area (Å²) < 4.78 is 33.5. The minimum absolute atomic E-state index is 0.153. The van der Waals surface area contributed by atoms with Crippen LogP contribution in [0.4, 0.5) is 0 Å². The van der Waals surface area contributed by atoms with Crippen LogP contribution >= 0.6 is 0 Å². The Morgan fingerprint density at radius 1 is 1.08 bits per heavy atom. The number of methoxy groups -OCH3 is 1.